The number of benzene rings is 1. The number of aryl methyl sites for hydroxylation is 2. The Bertz CT molecular complexity index is 671. The third-order valence-electron chi connectivity index (χ3n) is 3.94. The van der Waals surface area contributed by atoms with Crippen molar-refractivity contribution in [1.82, 2.24) is 25.4 Å². The van der Waals surface area contributed by atoms with Gasteiger partial charge in [0.15, 0.2) is 5.96 Å². The fourth-order valence-corrected chi connectivity index (χ4v) is 2.34. The minimum Gasteiger partial charge on any atom is -0.356 e. The molecular formula is C17H26N6. The zero-order chi connectivity index (χ0) is 16.9. The van der Waals surface area contributed by atoms with E-state index in [4.69, 9.17) is 0 Å². The minimum atomic E-state index is 0.00835. The van der Waals surface area contributed by atoms with Crippen LogP contribution in [0, 0.1) is 6.92 Å². The first kappa shape index (κ1) is 17.0. The highest BCUT2D eigenvalue weighted by Crippen LogP contribution is 2.22. The molecule has 0 spiro atoms. The van der Waals surface area contributed by atoms with Gasteiger partial charge in [0.2, 0.25) is 0 Å². The third kappa shape index (κ3) is 4.55. The van der Waals surface area contributed by atoms with Crippen LogP contribution in [0.1, 0.15) is 30.8 Å². The number of hydrogen-bond acceptors (Lipinski definition) is 3. The molecule has 6 nitrogen and oxygen atoms in total. The van der Waals surface area contributed by atoms with Crippen molar-refractivity contribution in [1.29, 1.82) is 0 Å². The highest BCUT2D eigenvalue weighted by atomic mass is 15.3. The highest BCUT2D eigenvalue weighted by Gasteiger charge is 2.21. The van der Waals surface area contributed by atoms with Crippen molar-refractivity contribution in [2.75, 3.05) is 13.6 Å². The molecule has 0 radical (unpaired) electrons. The number of aromatic nitrogens is 3. The van der Waals surface area contributed by atoms with E-state index >= 15 is 0 Å². The van der Waals surface area contributed by atoms with Gasteiger partial charge in [-0.1, -0.05) is 43.7 Å². The lowest BCUT2D eigenvalue weighted by molar-refractivity contribution is 0.507. The molecule has 1 aromatic carbocycles. The molecule has 1 heterocycles. The Kier molecular flexibility index (Phi) is 5.36. The molecule has 2 N–H and O–H groups in total. The smallest absolute Gasteiger partial charge is 0.191 e. The van der Waals surface area contributed by atoms with Crippen molar-refractivity contribution in [3.05, 3.63) is 47.5 Å². The molecule has 0 amide bonds. The second-order valence-electron chi connectivity index (χ2n) is 6.33. The van der Waals surface area contributed by atoms with Crippen molar-refractivity contribution in [3.8, 4) is 0 Å². The lowest BCUT2D eigenvalue weighted by atomic mass is 9.84. The lowest BCUT2D eigenvalue weighted by Crippen LogP contribution is -2.43. The molecule has 1 aromatic heterocycles. The third-order valence-corrected chi connectivity index (χ3v) is 3.94. The Labute approximate surface area is 138 Å². The Balaban J connectivity index is 1.93. The van der Waals surface area contributed by atoms with Crippen LogP contribution in [0.2, 0.25) is 0 Å². The molecular weight excluding hydrogens is 288 g/mol. The first-order valence-electron chi connectivity index (χ1n) is 7.77. The number of guanidine groups is 1. The largest absolute Gasteiger partial charge is 0.356 e. The number of aliphatic imine (C=N–C) groups is 1. The van der Waals surface area contributed by atoms with E-state index in [2.05, 4.69) is 70.7 Å². The molecule has 23 heavy (non-hydrogen) atoms. The molecule has 0 atom stereocenters. The van der Waals surface area contributed by atoms with E-state index in [1.165, 1.54) is 11.1 Å². The maximum absolute atomic E-state index is 4.27. The second kappa shape index (κ2) is 7.26. The van der Waals surface area contributed by atoms with Gasteiger partial charge in [-0.3, -0.25) is 9.67 Å². The zero-order valence-electron chi connectivity index (χ0n) is 14.6. The molecule has 0 fully saturated rings. The van der Waals surface area contributed by atoms with Crippen LogP contribution in [0.5, 0.6) is 0 Å². The van der Waals surface area contributed by atoms with Gasteiger partial charge in [0.1, 0.15) is 12.2 Å². The Morgan fingerprint density at radius 1 is 1.30 bits per heavy atom. The predicted octanol–water partition coefficient (Wildman–Crippen LogP) is 1.77. The molecule has 2 rings (SSSR count). The monoisotopic (exact) mass is 314 g/mol. The Morgan fingerprint density at radius 2 is 2.09 bits per heavy atom. The van der Waals surface area contributed by atoms with Crippen LogP contribution in [0.25, 0.3) is 0 Å². The standard InChI is InChI=1S/C17H26N6/c1-13-7-6-8-14(9-13)17(2,3)11-20-16(18-4)19-10-15-21-12-22-23(15)5/h6-9,12H,10-11H2,1-5H3,(H2,18,19,20). The molecule has 0 saturated carbocycles. The van der Waals surface area contributed by atoms with Crippen molar-refractivity contribution in [2.24, 2.45) is 12.0 Å². The van der Waals surface area contributed by atoms with E-state index < -0.39 is 0 Å². The topological polar surface area (TPSA) is 67.1 Å². The van der Waals surface area contributed by atoms with E-state index in [-0.39, 0.29) is 5.41 Å². The SMILES string of the molecule is CN=C(NCc1ncnn1C)NCC(C)(C)c1cccc(C)c1. The molecule has 0 aliphatic carbocycles. The molecule has 0 bridgehead atoms. The van der Waals surface area contributed by atoms with Crippen molar-refractivity contribution < 1.29 is 0 Å². The van der Waals surface area contributed by atoms with Crippen molar-refractivity contribution in [3.63, 3.8) is 0 Å². The van der Waals surface area contributed by atoms with E-state index in [1.54, 1.807) is 18.1 Å². The van der Waals surface area contributed by atoms with Crippen LogP contribution in [-0.4, -0.2) is 34.3 Å². The molecule has 0 aliphatic heterocycles. The van der Waals surface area contributed by atoms with E-state index in [0.29, 0.717) is 6.54 Å². The van der Waals surface area contributed by atoms with Gasteiger partial charge in [0.25, 0.3) is 0 Å². The number of hydrogen-bond donors (Lipinski definition) is 2. The molecule has 0 saturated heterocycles. The summed E-state index contributed by atoms with van der Waals surface area (Å²) in [7, 11) is 3.65. The zero-order valence-corrected chi connectivity index (χ0v) is 14.6. The molecule has 0 aliphatic rings. The minimum absolute atomic E-state index is 0.00835. The van der Waals surface area contributed by atoms with E-state index in [1.807, 2.05) is 7.05 Å². The van der Waals surface area contributed by atoms with Gasteiger partial charge >= 0.3 is 0 Å². The summed E-state index contributed by atoms with van der Waals surface area (Å²) >= 11 is 0. The van der Waals surface area contributed by atoms with Gasteiger partial charge in [0, 0.05) is 26.1 Å². The summed E-state index contributed by atoms with van der Waals surface area (Å²) in [4.78, 5) is 8.46. The summed E-state index contributed by atoms with van der Waals surface area (Å²) < 4.78 is 1.75. The number of nitrogens with one attached hydrogen (secondary N) is 2. The summed E-state index contributed by atoms with van der Waals surface area (Å²) in [5, 5.41) is 10.7. The molecule has 124 valence electrons. The van der Waals surface area contributed by atoms with Crippen LogP contribution in [0.4, 0.5) is 0 Å². The quantitative estimate of drug-likeness (QED) is 0.652. The van der Waals surface area contributed by atoms with Gasteiger partial charge in [-0.05, 0) is 12.5 Å². The van der Waals surface area contributed by atoms with Gasteiger partial charge in [0.05, 0.1) is 6.54 Å². The van der Waals surface area contributed by atoms with E-state index in [0.717, 1.165) is 18.3 Å². The number of nitrogens with zero attached hydrogens (tertiary/aromatic N) is 4. The highest BCUT2D eigenvalue weighted by molar-refractivity contribution is 5.79. The number of rotatable bonds is 5. The van der Waals surface area contributed by atoms with Crippen molar-refractivity contribution in [2.45, 2.75) is 32.7 Å². The maximum atomic E-state index is 4.27. The summed E-state index contributed by atoms with van der Waals surface area (Å²) in [6.07, 6.45) is 1.55. The Hall–Kier alpha value is -2.37. The molecule has 0 unspecified atom stereocenters. The van der Waals surface area contributed by atoms with Crippen LogP contribution in [0.3, 0.4) is 0 Å². The van der Waals surface area contributed by atoms with Crippen LogP contribution in [-0.2, 0) is 19.0 Å². The maximum Gasteiger partial charge on any atom is 0.191 e. The van der Waals surface area contributed by atoms with Crippen molar-refractivity contribution >= 4 is 5.96 Å². The predicted molar refractivity (Wildman–Crippen MR) is 93.4 cm³/mol. The summed E-state index contributed by atoms with van der Waals surface area (Å²) in [6.45, 7) is 7.94. The fourth-order valence-electron chi connectivity index (χ4n) is 2.34. The van der Waals surface area contributed by atoms with Gasteiger partial charge < -0.3 is 10.6 Å². The first-order chi connectivity index (χ1) is 10.9. The summed E-state index contributed by atoms with van der Waals surface area (Å²) in [5.74, 6) is 1.62. The normalized spacial score (nSPS) is 12.3. The van der Waals surface area contributed by atoms with Gasteiger partial charge in [-0.2, -0.15) is 5.10 Å². The summed E-state index contributed by atoms with van der Waals surface area (Å²) in [6, 6.07) is 8.63. The van der Waals surface area contributed by atoms with Crippen LogP contribution < -0.4 is 10.6 Å². The second-order valence-corrected chi connectivity index (χ2v) is 6.33. The van der Waals surface area contributed by atoms with E-state index in [9.17, 15) is 0 Å². The average Bonchev–Trinajstić information content (AvgIpc) is 2.93. The lowest BCUT2D eigenvalue weighted by Gasteiger charge is -2.27. The fraction of sp³-hybridized carbons (Fsp3) is 0.471. The Morgan fingerprint density at radius 3 is 2.70 bits per heavy atom. The first-order valence-corrected chi connectivity index (χ1v) is 7.77. The molecule has 2 aromatic rings. The van der Waals surface area contributed by atoms with Gasteiger partial charge in [-0.25, -0.2) is 4.98 Å². The molecule has 6 heteroatoms. The average molecular weight is 314 g/mol. The summed E-state index contributed by atoms with van der Waals surface area (Å²) in [5.41, 5.74) is 2.60. The van der Waals surface area contributed by atoms with Crippen LogP contribution in [0.15, 0.2) is 35.6 Å². The van der Waals surface area contributed by atoms with Crippen LogP contribution >= 0.6 is 0 Å². The van der Waals surface area contributed by atoms with Gasteiger partial charge in [-0.15, -0.1) is 0 Å².